The largest absolute Gasteiger partial charge is 0.330 e. The van der Waals surface area contributed by atoms with E-state index in [0.29, 0.717) is 17.8 Å². The van der Waals surface area contributed by atoms with Gasteiger partial charge in [0.1, 0.15) is 0 Å². The number of fused-ring (bicyclic) bond motifs is 1. The SMILES string of the molecule is CC(CN)C1c2cn[nH]c2CC1C. The van der Waals surface area contributed by atoms with E-state index in [2.05, 4.69) is 24.0 Å². The van der Waals surface area contributed by atoms with Gasteiger partial charge in [-0.25, -0.2) is 0 Å². The number of nitrogens with one attached hydrogen (secondary N) is 1. The highest BCUT2D eigenvalue weighted by Gasteiger charge is 2.33. The molecule has 1 heterocycles. The lowest BCUT2D eigenvalue weighted by atomic mass is 9.84. The Morgan fingerprint density at radius 2 is 2.54 bits per heavy atom. The lowest BCUT2D eigenvalue weighted by molar-refractivity contribution is 0.374. The van der Waals surface area contributed by atoms with Crippen molar-refractivity contribution < 1.29 is 0 Å². The third kappa shape index (κ3) is 1.27. The molecule has 3 unspecified atom stereocenters. The first-order chi connectivity index (χ1) is 6.24. The van der Waals surface area contributed by atoms with Gasteiger partial charge in [-0.2, -0.15) is 5.10 Å². The molecule has 0 spiro atoms. The second-order valence-electron chi connectivity index (χ2n) is 4.22. The van der Waals surface area contributed by atoms with E-state index >= 15 is 0 Å². The molecule has 0 aromatic carbocycles. The summed E-state index contributed by atoms with van der Waals surface area (Å²) in [5, 5.41) is 7.15. The van der Waals surface area contributed by atoms with Crippen molar-refractivity contribution in [2.24, 2.45) is 17.6 Å². The molecule has 0 aliphatic heterocycles. The number of H-pyrrole nitrogens is 1. The minimum absolute atomic E-state index is 0.564. The molecule has 0 saturated carbocycles. The molecule has 0 amide bonds. The van der Waals surface area contributed by atoms with E-state index in [-0.39, 0.29) is 0 Å². The highest BCUT2D eigenvalue weighted by molar-refractivity contribution is 5.29. The standard InChI is InChI=1S/C10H17N3/c1-6-3-9-8(5-12-13-9)10(6)7(2)4-11/h5-7,10H,3-4,11H2,1-2H3,(H,12,13). The third-order valence-electron chi connectivity index (χ3n) is 3.23. The molecule has 3 N–H and O–H groups in total. The smallest absolute Gasteiger partial charge is 0.0525 e. The van der Waals surface area contributed by atoms with Gasteiger partial charge in [-0.15, -0.1) is 0 Å². The Balaban J connectivity index is 2.28. The molecule has 13 heavy (non-hydrogen) atoms. The van der Waals surface area contributed by atoms with Crippen molar-refractivity contribution in [3.8, 4) is 0 Å². The van der Waals surface area contributed by atoms with Gasteiger partial charge < -0.3 is 5.73 Å². The van der Waals surface area contributed by atoms with Gasteiger partial charge in [-0.05, 0) is 36.3 Å². The fourth-order valence-electron chi connectivity index (χ4n) is 2.54. The van der Waals surface area contributed by atoms with Crippen molar-refractivity contribution in [3.05, 3.63) is 17.5 Å². The summed E-state index contributed by atoms with van der Waals surface area (Å²) in [4.78, 5) is 0. The minimum atomic E-state index is 0.564. The highest BCUT2D eigenvalue weighted by atomic mass is 15.1. The van der Waals surface area contributed by atoms with Crippen LogP contribution in [0, 0.1) is 11.8 Å². The second kappa shape index (κ2) is 3.14. The maximum Gasteiger partial charge on any atom is 0.0525 e. The number of hydrogen-bond donors (Lipinski definition) is 2. The van der Waals surface area contributed by atoms with Crippen LogP contribution in [0.3, 0.4) is 0 Å². The summed E-state index contributed by atoms with van der Waals surface area (Å²) in [7, 11) is 0. The topological polar surface area (TPSA) is 54.7 Å². The van der Waals surface area contributed by atoms with Crippen LogP contribution in [0.25, 0.3) is 0 Å². The Morgan fingerprint density at radius 3 is 3.23 bits per heavy atom. The minimum Gasteiger partial charge on any atom is -0.330 e. The summed E-state index contributed by atoms with van der Waals surface area (Å²) in [6, 6.07) is 0. The Hall–Kier alpha value is -0.830. The number of nitrogens with two attached hydrogens (primary N) is 1. The van der Waals surface area contributed by atoms with Crippen LogP contribution in [0.1, 0.15) is 31.0 Å². The van der Waals surface area contributed by atoms with Crippen molar-refractivity contribution in [3.63, 3.8) is 0 Å². The maximum atomic E-state index is 5.71. The van der Waals surface area contributed by atoms with Crippen molar-refractivity contribution >= 4 is 0 Å². The highest BCUT2D eigenvalue weighted by Crippen LogP contribution is 2.40. The lowest BCUT2D eigenvalue weighted by Gasteiger charge is -2.22. The Bertz CT molecular complexity index is 292. The van der Waals surface area contributed by atoms with Crippen LogP contribution in [0.2, 0.25) is 0 Å². The van der Waals surface area contributed by atoms with Gasteiger partial charge >= 0.3 is 0 Å². The summed E-state index contributed by atoms with van der Waals surface area (Å²) < 4.78 is 0. The second-order valence-corrected chi connectivity index (χ2v) is 4.22. The van der Waals surface area contributed by atoms with Crippen LogP contribution < -0.4 is 5.73 Å². The molecule has 0 radical (unpaired) electrons. The van der Waals surface area contributed by atoms with E-state index in [0.717, 1.165) is 13.0 Å². The zero-order valence-electron chi connectivity index (χ0n) is 8.25. The molecule has 2 rings (SSSR count). The summed E-state index contributed by atoms with van der Waals surface area (Å²) >= 11 is 0. The van der Waals surface area contributed by atoms with Gasteiger partial charge in [-0.3, -0.25) is 5.10 Å². The first-order valence-electron chi connectivity index (χ1n) is 4.96. The monoisotopic (exact) mass is 179 g/mol. The van der Waals surface area contributed by atoms with Crippen LogP contribution in [0.4, 0.5) is 0 Å². The average molecular weight is 179 g/mol. The summed E-state index contributed by atoms with van der Waals surface area (Å²) in [6.07, 6.45) is 3.10. The van der Waals surface area contributed by atoms with E-state index in [1.54, 1.807) is 0 Å². The first-order valence-corrected chi connectivity index (χ1v) is 4.96. The molecule has 0 saturated heterocycles. The van der Waals surface area contributed by atoms with Crippen molar-refractivity contribution in [1.82, 2.24) is 10.2 Å². The number of aromatic amines is 1. The van der Waals surface area contributed by atoms with Crippen LogP contribution >= 0.6 is 0 Å². The molecule has 3 atom stereocenters. The summed E-state index contributed by atoms with van der Waals surface area (Å²) in [6.45, 7) is 5.29. The molecular formula is C10H17N3. The molecular weight excluding hydrogens is 162 g/mol. The zero-order valence-corrected chi connectivity index (χ0v) is 8.25. The van der Waals surface area contributed by atoms with E-state index in [4.69, 9.17) is 5.73 Å². The quantitative estimate of drug-likeness (QED) is 0.718. The Morgan fingerprint density at radius 1 is 1.77 bits per heavy atom. The van der Waals surface area contributed by atoms with Gasteiger partial charge in [0.2, 0.25) is 0 Å². The van der Waals surface area contributed by atoms with Gasteiger partial charge in [0, 0.05) is 5.69 Å². The van der Waals surface area contributed by atoms with Crippen LogP contribution in [0.5, 0.6) is 0 Å². The van der Waals surface area contributed by atoms with Gasteiger partial charge in [0.25, 0.3) is 0 Å². The van der Waals surface area contributed by atoms with Crippen LogP contribution in [0.15, 0.2) is 6.20 Å². The van der Waals surface area contributed by atoms with E-state index in [9.17, 15) is 0 Å². The lowest BCUT2D eigenvalue weighted by Crippen LogP contribution is -2.21. The van der Waals surface area contributed by atoms with Gasteiger partial charge in [0.05, 0.1) is 6.20 Å². The number of nitrogens with zero attached hydrogens (tertiary/aromatic N) is 1. The van der Waals surface area contributed by atoms with Crippen LogP contribution in [-0.4, -0.2) is 16.7 Å². The van der Waals surface area contributed by atoms with Crippen molar-refractivity contribution in [2.45, 2.75) is 26.2 Å². The fourth-order valence-corrected chi connectivity index (χ4v) is 2.54. The molecule has 3 nitrogen and oxygen atoms in total. The fraction of sp³-hybridized carbons (Fsp3) is 0.700. The molecule has 72 valence electrons. The number of aromatic nitrogens is 2. The van der Waals surface area contributed by atoms with Gasteiger partial charge in [0.15, 0.2) is 0 Å². The van der Waals surface area contributed by atoms with Crippen LogP contribution in [-0.2, 0) is 6.42 Å². The van der Waals surface area contributed by atoms with Crippen molar-refractivity contribution in [2.75, 3.05) is 6.54 Å². The molecule has 0 bridgehead atoms. The molecule has 0 fully saturated rings. The Kier molecular flexibility index (Phi) is 2.12. The molecule has 1 aromatic rings. The van der Waals surface area contributed by atoms with E-state index in [1.165, 1.54) is 11.3 Å². The predicted molar refractivity (Wildman–Crippen MR) is 52.4 cm³/mol. The van der Waals surface area contributed by atoms with E-state index in [1.807, 2.05) is 6.20 Å². The number of rotatable bonds is 2. The third-order valence-corrected chi connectivity index (χ3v) is 3.23. The molecule has 3 heteroatoms. The molecule has 1 aromatic heterocycles. The average Bonchev–Trinajstić information content (AvgIpc) is 2.62. The molecule has 1 aliphatic rings. The summed E-state index contributed by atoms with van der Waals surface area (Å²) in [5.41, 5.74) is 8.42. The first kappa shape index (κ1) is 8.75. The maximum absolute atomic E-state index is 5.71. The van der Waals surface area contributed by atoms with E-state index < -0.39 is 0 Å². The Labute approximate surface area is 78.7 Å². The van der Waals surface area contributed by atoms with Crippen molar-refractivity contribution in [1.29, 1.82) is 0 Å². The summed E-state index contributed by atoms with van der Waals surface area (Å²) in [5.74, 6) is 1.88. The molecule has 1 aliphatic carbocycles. The normalized spacial score (nSPS) is 28.8. The van der Waals surface area contributed by atoms with Gasteiger partial charge in [-0.1, -0.05) is 13.8 Å². The zero-order chi connectivity index (χ0) is 9.42. The predicted octanol–water partition coefficient (Wildman–Crippen LogP) is 1.28. The number of hydrogen-bond acceptors (Lipinski definition) is 2.